The first-order chi connectivity index (χ1) is 10.8. The van der Waals surface area contributed by atoms with Crippen LogP contribution in [-0.4, -0.2) is 12.5 Å². The summed E-state index contributed by atoms with van der Waals surface area (Å²) in [7, 11) is 0. The average Bonchev–Trinajstić information content (AvgIpc) is 2.92. The van der Waals surface area contributed by atoms with Gasteiger partial charge < -0.3 is 10.6 Å². The van der Waals surface area contributed by atoms with E-state index in [2.05, 4.69) is 39.0 Å². The summed E-state index contributed by atoms with van der Waals surface area (Å²) in [5.74, 6) is 0.150. The van der Waals surface area contributed by atoms with E-state index in [0.29, 0.717) is 6.42 Å². The Hall–Kier alpha value is -2.29. The van der Waals surface area contributed by atoms with Crippen LogP contribution in [0, 0.1) is 0 Å². The highest BCUT2D eigenvalue weighted by Gasteiger charge is 2.26. The molecule has 1 heterocycles. The highest BCUT2D eigenvalue weighted by atomic mass is 16.2. The van der Waals surface area contributed by atoms with Crippen molar-refractivity contribution in [1.29, 1.82) is 0 Å². The standard InChI is InChI=1S/C20H24N2O/c1-20(2,3)16-6-9-18-15(13-16)10-11-22(18)19(23)12-14-4-7-17(21)8-5-14/h4-9,13H,10-12,21H2,1-3H3. The number of fused-ring (bicyclic) bond motifs is 1. The molecule has 2 N–H and O–H groups in total. The summed E-state index contributed by atoms with van der Waals surface area (Å²) in [4.78, 5) is 14.6. The van der Waals surface area contributed by atoms with Crippen LogP contribution in [0.15, 0.2) is 42.5 Å². The molecule has 3 heteroatoms. The lowest BCUT2D eigenvalue weighted by Crippen LogP contribution is -2.30. The van der Waals surface area contributed by atoms with Gasteiger partial charge in [0.2, 0.25) is 5.91 Å². The van der Waals surface area contributed by atoms with Gasteiger partial charge in [-0.3, -0.25) is 4.79 Å². The Morgan fingerprint density at radius 3 is 2.48 bits per heavy atom. The lowest BCUT2D eigenvalue weighted by Gasteiger charge is -2.21. The van der Waals surface area contributed by atoms with Crippen molar-refractivity contribution >= 4 is 17.3 Å². The zero-order valence-corrected chi connectivity index (χ0v) is 14.1. The fourth-order valence-electron chi connectivity index (χ4n) is 3.03. The molecule has 0 unspecified atom stereocenters. The second kappa shape index (κ2) is 5.73. The van der Waals surface area contributed by atoms with Crippen molar-refractivity contribution in [2.24, 2.45) is 0 Å². The van der Waals surface area contributed by atoms with E-state index in [4.69, 9.17) is 5.73 Å². The lowest BCUT2D eigenvalue weighted by molar-refractivity contribution is -0.117. The Labute approximate surface area is 138 Å². The molecule has 0 aromatic heterocycles. The van der Waals surface area contributed by atoms with Gasteiger partial charge in [0.15, 0.2) is 0 Å². The number of nitrogens with two attached hydrogens (primary N) is 1. The summed E-state index contributed by atoms with van der Waals surface area (Å²) in [5, 5.41) is 0. The Morgan fingerprint density at radius 2 is 1.83 bits per heavy atom. The van der Waals surface area contributed by atoms with E-state index in [0.717, 1.165) is 29.9 Å². The molecule has 0 saturated carbocycles. The third kappa shape index (κ3) is 3.24. The number of carbonyl (C=O) groups is 1. The number of nitrogens with zero attached hydrogens (tertiary/aromatic N) is 1. The summed E-state index contributed by atoms with van der Waals surface area (Å²) in [6.45, 7) is 7.42. The topological polar surface area (TPSA) is 46.3 Å². The third-order valence-corrected chi connectivity index (χ3v) is 4.48. The van der Waals surface area contributed by atoms with Gasteiger partial charge in [-0.15, -0.1) is 0 Å². The minimum absolute atomic E-state index is 0.135. The molecule has 1 aliphatic heterocycles. The Morgan fingerprint density at radius 1 is 1.13 bits per heavy atom. The molecular weight excluding hydrogens is 284 g/mol. The minimum Gasteiger partial charge on any atom is -0.399 e. The number of hydrogen-bond acceptors (Lipinski definition) is 2. The first kappa shape index (κ1) is 15.6. The van der Waals surface area contributed by atoms with Gasteiger partial charge in [0, 0.05) is 17.9 Å². The van der Waals surface area contributed by atoms with Crippen molar-refractivity contribution in [1.82, 2.24) is 0 Å². The first-order valence-corrected chi connectivity index (χ1v) is 8.13. The number of nitrogen functional groups attached to an aromatic ring is 1. The molecule has 0 spiro atoms. The number of carbonyl (C=O) groups excluding carboxylic acids is 1. The number of benzene rings is 2. The summed E-state index contributed by atoms with van der Waals surface area (Å²) < 4.78 is 0. The van der Waals surface area contributed by atoms with Crippen LogP contribution in [0.3, 0.4) is 0 Å². The van der Waals surface area contributed by atoms with Gasteiger partial charge in [0.05, 0.1) is 6.42 Å². The molecule has 2 aromatic carbocycles. The van der Waals surface area contributed by atoms with Crippen molar-refractivity contribution in [2.75, 3.05) is 17.2 Å². The van der Waals surface area contributed by atoms with Crippen LogP contribution in [0.5, 0.6) is 0 Å². The van der Waals surface area contributed by atoms with E-state index >= 15 is 0 Å². The molecule has 1 amide bonds. The number of amides is 1. The molecule has 0 fully saturated rings. The van der Waals surface area contributed by atoms with E-state index in [-0.39, 0.29) is 11.3 Å². The molecule has 0 bridgehead atoms. The highest BCUT2D eigenvalue weighted by Crippen LogP contribution is 2.33. The molecular formula is C20H24N2O. The SMILES string of the molecule is CC(C)(C)c1ccc2c(c1)CCN2C(=O)Cc1ccc(N)cc1. The fraction of sp³-hybridized carbons (Fsp3) is 0.350. The average molecular weight is 308 g/mol. The molecule has 3 rings (SSSR count). The van der Waals surface area contributed by atoms with Gasteiger partial charge in [-0.1, -0.05) is 45.0 Å². The smallest absolute Gasteiger partial charge is 0.231 e. The van der Waals surface area contributed by atoms with E-state index in [1.807, 2.05) is 29.2 Å². The Bertz CT molecular complexity index is 726. The third-order valence-electron chi connectivity index (χ3n) is 4.48. The lowest BCUT2D eigenvalue weighted by atomic mass is 9.86. The summed E-state index contributed by atoms with van der Waals surface area (Å²) in [6, 6.07) is 14.0. The Kier molecular flexibility index (Phi) is 3.88. The van der Waals surface area contributed by atoms with E-state index < -0.39 is 0 Å². The van der Waals surface area contributed by atoms with Crippen LogP contribution in [-0.2, 0) is 23.1 Å². The van der Waals surface area contributed by atoms with Crippen molar-refractivity contribution in [3.8, 4) is 0 Å². The number of hydrogen-bond donors (Lipinski definition) is 1. The van der Waals surface area contributed by atoms with Crippen LogP contribution in [0.25, 0.3) is 0 Å². The number of rotatable bonds is 2. The minimum atomic E-state index is 0.135. The monoisotopic (exact) mass is 308 g/mol. The van der Waals surface area contributed by atoms with Crippen molar-refractivity contribution in [3.05, 3.63) is 59.2 Å². The predicted octanol–water partition coefficient (Wildman–Crippen LogP) is 3.70. The van der Waals surface area contributed by atoms with E-state index in [1.165, 1.54) is 11.1 Å². The molecule has 23 heavy (non-hydrogen) atoms. The van der Waals surface area contributed by atoms with Crippen molar-refractivity contribution in [2.45, 2.75) is 39.0 Å². The molecule has 1 aliphatic rings. The van der Waals surface area contributed by atoms with Crippen LogP contribution >= 0.6 is 0 Å². The maximum Gasteiger partial charge on any atom is 0.231 e. The van der Waals surface area contributed by atoms with Crippen molar-refractivity contribution < 1.29 is 4.79 Å². The molecule has 0 radical (unpaired) electrons. The Balaban J connectivity index is 1.79. The van der Waals surface area contributed by atoms with Crippen LogP contribution in [0.4, 0.5) is 11.4 Å². The highest BCUT2D eigenvalue weighted by molar-refractivity contribution is 5.96. The maximum atomic E-state index is 12.6. The van der Waals surface area contributed by atoms with Crippen LogP contribution in [0.2, 0.25) is 0 Å². The summed E-state index contributed by atoms with van der Waals surface area (Å²) >= 11 is 0. The zero-order chi connectivity index (χ0) is 16.6. The van der Waals surface area contributed by atoms with Gasteiger partial charge in [0.25, 0.3) is 0 Å². The molecule has 0 saturated heterocycles. The van der Waals surface area contributed by atoms with E-state index in [9.17, 15) is 4.79 Å². The molecule has 0 aliphatic carbocycles. The normalized spacial score (nSPS) is 14.0. The fourth-order valence-corrected chi connectivity index (χ4v) is 3.03. The second-order valence-corrected chi connectivity index (χ2v) is 7.31. The van der Waals surface area contributed by atoms with Gasteiger partial charge in [-0.2, -0.15) is 0 Å². The quantitative estimate of drug-likeness (QED) is 0.860. The van der Waals surface area contributed by atoms with Gasteiger partial charge in [0.1, 0.15) is 0 Å². The summed E-state index contributed by atoms with van der Waals surface area (Å²) in [5.41, 5.74) is 11.2. The maximum absolute atomic E-state index is 12.6. The van der Waals surface area contributed by atoms with Gasteiger partial charge in [-0.05, 0) is 46.7 Å². The predicted molar refractivity (Wildman–Crippen MR) is 95.8 cm³/mol. The summed E-state index contributed by atoms with van der Waals surface area (Å²) in [6.07, 6.45) is 1.35. The second-order valence-electron chi connectivity index (χ2n) is 7.31. The molecule has 120 valence electrons. The van der Waals surface area contributed by atoms with Gasteiger partial charge in [-0.25, -0.2) is 0 Å². The largest absolute Gasteiger partial charge is 0.399 e. The van der Waals surface area contributed by atoms with Crippen molar-refractivity contribution in [3.63, 3.8) is 0 Å². The molecule has 0 atom stereocenters. The zero-order valence-electron chi connectivity index (χ0n) is 14.1. The van der Waals surface area contributed by atoms with Crippen LogP contribution in [0.1, 0.15) is 37.5 Å². The van der Waals surface area contributed by atoms with E-state index in [1.54, 1.807) is 0 Å². The number of anilines is 2. The van der Waals surface area contributed by atoms with Gasteiger partial charge >= 0.3 is 0 Å². The van der Waals surface area contributed by atoms with Crippen LogP contribution < -0.4 is 10.6 Å². The first-order valence-electron chi connectivity index (χ1n) is 8.13. The molecule has 2 aromatic rings. The molecule has 3 nitrogen and oxygen atoms in total.